The molecule has 0 radical (unpaired) electrons. The molecule has 0 saturated carbocycles. The van der Waals surface area contributed by atoms with E-state index in [9.17, 15) is 0 Å². The normalized spacial score (nSPS) is 21.9. The van der Waals surface area contributed by atoms with E-state index >= 15 is 0 Å². The molecule has 2 atom stereocenters. The molecule has 0 fully saturated rings. The van der Waals surface area contributed by atoms with Crippen molar-refractivity contribution in [1.82, 2.24) is 4.98 Å². The number of rotatable bonds is 4. The van der Waals surface area contributed by atoms with Crippen molar-refractivity contribution in [3.8, 4) is 0 Å². The van der Waals surface area contributed by atoms with E-state index in [4.69, 9.17) is 39.6 Å². The zero-order chi connectivity index (χ0) is 19.3. The Morgan fingerprint density at radius 1 is 0.885 bits per heavy atom. The minimum absolute atomic E-state index is 0.214. The third-order valence-electron chi connectivity index (χ3n) is 4.07. The van der Waals surface area contributed by atoms with E-state index in [1.807, 2.05) is 18.2 Å². The molecule has 0 saturated heterocycles. The molecule has 1 aromatic heterocycles. The van der Waals surface area contributed by atoms with Crippen LogP contribution in [0.1, 0.15) is 39.1 Å². The molecule has 0 aromatic carbocycles. The van der Waals surface area contributed by atoms with Gasteiger partial charge in [0.05, 0.1) is 12.1 Å². The Hall–Kier alpha value is -0.508. The van der Waals surface area contributed by atoms with Crippen molar-refractivity contribution in [2.75, 3.05) is 13.2 Å². The molecule has 145 valence electrons. The number of ether oxygens (including phenoxy) is 2. The first-order valence-electron chi connectivity index (χ1n) is 8.40. The summed E-state index contributed by atoms with van der Waals surface area (Å²) in [5.41, 5.74) is 1.50. The first-order chi connectivity index (χ1) is 12.3. The predicted octanol–water partition coefficient (Wildman–Crippen LogP) is 4.75. The quantitative estimate of drug-likeness (QED) is 0.653. The van der Waals surface area contributed by atoms with Gasteiger partial charge in [-0.3, -0.25) is 0 Å². The second-order valence-electron chi connectivity index (χ2n) is 6.70. The molecule has 1 unspecified atom stereocenters. The molecular formula is C17H23Cl3CrN3O2. The van der Waals surface area contributed by atoms with Crippen LogP contribution < -0.4 is 0 Å². The molecule has 0 spiro atoms. The van der Waals surface area contributed by atoms with Gasteiger partial charge in [0, 0.05) is 0 Å². The van der Waals surface area contributed by atoms with Gasteiger partial charge in [0.2, 0.25) is 11.8 Å². The average Bonchev–Trinajstić information content (AvgIpc) is 3.24. The van der Waals surface area contributed by atoms with Crippen LogP contribution in [0.3, 0.4) is 0 Å². The summed E-state index contributed by atoms with van der Waals surface area (Å²) in [5.74, 6) is 2.18. The van der Waals surface area contributed by atoms with Crippen LogP contribution in [0.2, 0.25) is 0 Å². The molecule has 0 bridgehead atoms. The Bertz CT molecular complexity index is 616. The van der Waals surface area contributed by atoms with Crippen LogP contribution in [0, 0.1) is 11.8 Å². The molecule has 3 heterocycles. The zero-order valence-corrected chi connectivity index (χ0v) is 18.7. The second kappa shape index (κ2) is 10.2. The number of pyridine rings is 1. The molecule has 0 N–H and O–H groups in total. The summed E-state index contributed by atoms with van der Waals surface area (Å²) in [4.78, 5) is 13.9. The van der Waals surface area contributed by atoms with E-state index in [0.717, 1.165) is 11.4 Å². The number of hydrogen-bond donors (Lipinski definition) is 0. The van der Waals surface area contributed by atoms with Gasteiger partial charge < -0.3 is 9.47 Å². The first kappa shape index (κ1) is 21.8. The second-order valence-corrected chi connectivity index (χ2v) is 13.0. The minimum atomic E-state index is -1.62. The summed E-state index contributed by atoms with van der Waals surface area (Å²) in [6.07, 6.45) is 0. The van der Waals surface area contributed by atoms with Crippen molar-refractivity contribution in [2.45, 2.75) is 39.8 Å². The Labute approximate surface area is 171 Å². The molecule has 0 amide bonds. The molecule has 5 nitrogen and oxygen atoms in total. The Balaban J connectivity index is 0.000000552. The third kappa shape index (κ3) is 6.28. The zero-order valence-electron chi connectivity index (χ0n) is 15.2. The van der Waals surface area contributed by atoms with Crippen LogP contribution in [0.25, 0.3) is 0 Å². The standard InChI is InChI=1S/C17H23N3O2.3ClH.Cr/c1-10(2)14-8-21-16(19-14)12-6-5-7-13(18-12)17-20-15(9-22-17)11(3)4;;;;/h5-7,10-11,14-15H,8-9H2,1-4H3;3*1H;/q;;;;+3/p-3/t14-,15?;;;;/m0..../s1. The maximum atomic E-state index is 5.70. The van der Waals surface area contributed by atoms with Crippen LogP contribution in [-0.2, 0) is 20.9 Å². The summed E-state index contributed by atoms with van der Waals surface area (Å²) in [6, 6.07) is 6.21. The molecule has 1 aromatic rings. The average molecular weight is 460 g/mol. The van der Waals surface area contributed by atoms with Crippen molar-refractivity contribution in [3.05, 3.63) is 29.6 Å². The molecule has 2 aliphatic rings. The van der Waals surface area contributed by atoms with Gasteiger partial charge >= 0.3 is 41.5 Å². The van der Waals surface area contributed by atoms with E-state index in [1.54, 1.807) is 0 Å². The van der Waals surface area contributed by atoms with E-state index in [1.165, 1.54) is 0 Å². The number of halogens is 3. The molecule has 9 heteroatoms. The number of aromatic nitrogens is 1. The Kier molecular flexibility index (Phi) is 8.51. The fourth-order valence-corrected chi connectivity index (χ4v) is 2.42. The van der Waals surface area contributed by atoms with Gasteiger partial charge in [-0.25, -0.2) is 15.0 Å². The molecule has 0 aliphatic carbocycles. The van der Waals surface area contributed by atoms with E-state index in [0.29, 0.717) is 36.8 Å². The first-order valence-corrected chi connectivity index (χ1v) is 13.7. The van der Waals surface area contributed by atoms with Crippen LogP contribution in [0.5, 0.6) is 0 Å². The van der Waals surface area contributed by atoms with Gasteiger partial charge in [0.25, 0.3) is 0 Å². The SMILES string of the molecule is CC(C)C1COC(c2cccc(C3=N[C@H](C(C)C)CO3)n2)=N1.[Cl][Cr]([Cl])[Cl]. The van der Waals surface area contributed by atoms with Crippen LogP contribution >= 0.6 is 30.1 Å². The van der Waals surface area contributed by atoms with Crippen molar-refractivity contribution in [3.63, 3.8) is 0 Å². The van der Waals surface area contributed by atoms with Crippen molar-refractivity contribution in [1.29, 1.82) is 0 Å². The van der Waals surface area contributed by atoms with E-state index in [2.05, 4.69) is 42.7 Å². The monoisotopic (exact) mass is 458 g/mol. The van der Waals surface area contributed by atoms with Gasteiger partial charge in [-0.1, -0.05) is 33.8 Å². The Morgan fingerprint density at radius 3 is 1.58 bits per heavy atom. The number of nitrogens with zero attached hydrogens (tertiary/aromatic N) is 3. The van der Waals surface area contributed by atoms with Crippen molar-refractivity contribution in [2.24, 2.45) is 21.8 Å². The van der Waals surface area contributed by atoms with Gasteiger partial charge in [-0.15, -0.1) is 0 Å². The predicted molar refractivity (Wildman–Crippen MR) is 104 cm³/mol. The van der Waals surface area contributed by atoms with Gasteiger partial charge in [-0.2, -0.15) is 0 Å². The number of aliphatic imine (C=N–C) groups is 2. The van der Waals surface area contributed by atoms with Gasteiger partial charge in [-0.05, 0) is 24.0 Å². The van der Waals surface area contributed by atoms with E-state index in [-0.39, 0.29) is 12.1 Å². The van der Waals surface area contributed by atoms with Gasteiger partial charge in [0.15, 0.2) is 0 Å². The molecule has 3 rings (SSSR count). The fraction of sp³-hybridized carbons (Fsp3) is 0.588. The summed E-state index contributed by atoms with van der Waals surface area (Å²) in [7, 11) is 14.8. The summed E-state index contributed by atoms with van der Waals surface area (Å²) in [5, 5.41) is 0. The molecule has 2 aliphatic heterocycles. The van der Waals surface area contributed by atoms with Crippen LogP contribution in [-0.4, -0.2) is 42.1 Å². The van der Waals surface area contributed by atoms with Crippen molar-refractivity contribution >= 4 is 41.9 Å². The summed E-state index contributed by atoms with van der Waals surface area (Å²) < 4.78 is 11.4. The van der Waals surface area contributed by atoms with Crippen LogP contribution in [0.4, 0.5) is 0 Å². The summed E-state index contributed by atoms with van der Waals surface area (Å²) in [6.45, 7) is 9.86. The van der Waals surface area contributed by atoms with E-state index < -0.39 is 11.4 Å². The topological polar surface area (TPSA) is 56.1 Å². The van der Waals surface area contributed by atoms with Gasteiger partial charge in [0.1, 0.15) is 24.6 Å². The molecule has 26 heavy (non-hydrogen) atoms. The molecular weight excluding hydrogens is 437 g/mol. The third-order valence-corrected chi connectivity index (χ3v) is 4.07. The fourth-order valence-electron chi connectivity index (χ4n) is 2.42. The Morgan fingerprint density at radius 2 is 1.27 bits per heavy atom. The maximum absolute atomic E-state index is 5.70. The number of hydrogen-bond acceptors (Lipinski definition) is 5. The van der Waals surface area contributed by atoms with Crippen LogP contribution in [0.15, 0.2) is 28.2 Å². The summed E-state index contributed by atoms with van der Waals surface area (Å²) >= 11 is -1.62. The van der Waals surface area contributed by atoms with Crippen molar-refractivity contribution < 1.29 is 20.9 Å².